The van der Waals surface area contributed by atoms with Crippen molar-refractivity contribution >= 4 is 22.4 Å². The third-order valence-corrected chi connectivity index (χ3v) is 4.72. The highest BCUT2D eigenvalue weighted by Crippen LogP contribution is 2.18. The number of nitrogens with zero attached hydrogens (tertiary/aromatic N) is 1. The maximum atomic E-state index is 12.5. The Morgan fingerprint density at radius 1 is 0.846 bits per heavy atom. The molecule has 0 unspecified atom stereocenters. The van der Waals surface area contributed by atoms with Crippen molar-refractivity contribution in [1.29, 1.82) is 0 Å². The van der Waals surface area contributed by atoms with Crippen molar-refractivity contribution in [2.75, 3.05) is 5.73 Å². The molecule has 0 radical (unpaired) electrons. The number of fused-ring (bicyclic) bond motifs is 1. The van der Waals surface area contributed by atoms with Crippen LogP contribution in [0.25, 0.3) is 10.9 Å². The van der Waals surface area contributed by atoms with E-state index < -0.39 is 0 Å². The van der Waals surface area contributed by atoms with Crippen molar-refractivity contribution in [2.24, 2.45) is 0 Å². The summed E-state index contributed by atoms with van der Waals surface area (Å²) in [5.41, 5.74) is 10.6. The fourth-order valence-corrected chi connectivity index (χ4v) is 3.24. The molecule has 26 heavy (non-hydrogen) atoms. The molecule has 0 spiro atoms. The van der Waals surface area contributed by atoms with Gasteiger partial charge in [0.2, 0.25) is 0 Å². The molecule has 2 N–H and O–H groups in total. The normalized spacial score (nSPS) is 10.9. The molecule has 0 atom stereocenters. The van der Waals surface area contributed by atoms with Crippen molar-refractivity contribution in [3.63, 3.8) is 0 Å². The zero-order valence-corrected chi connectivity index (χ0v) is 14.4. The molecule has 0 aliphatic rings. The van der Waals surface area contributed by atoms with Gasteiger partial charge in [-0.3, -0.25) is 4.79 Å². The Bertz CT molecular complexity index is 1060. The summed E-state index contributed by atoms with van der Waals surface area (Å²) in [6, 6.07) is 25.8. The van der Waals surface area contributed by atoms with E-state index in [9.17, 15) is 4.79 Å². The quantitative estimate of drug-likeness (QED) is 0.423. The topological polar surface area (TPSA) is 48.0 Å². The molecule has 1 aromatic heterocycles. The number of Topliss-reactive ketones (excluding diaryl/α,β-unsaturated/α-hetero) is 1. The largest absolute Gasteiger partial charge is 0.398 e. The van der Waals surface area contributed by atoms with E-state index in [1.807, 2.05) is 54.6 Å². The number of carbonyl (C=O) groups is 1. The number of para-hydroxylation sites is 2. The predicted octanol–water partition coefficient (Wildman–Crippen LogP) is 4.70. The van der Waals surface area contributed by atoms with Crippen LogP contribution >= 0.6 is 0 Å². The molecule has 0 aliphatic heterocycles. The first kappa shape index (κ1) is 16.2. The second-order valence-corrected chi connectivity index (χ2v) is 6.50. The van der Waals surface area contributed by atoms with Crippen LogP contribution in [0.2, 0.25) is 0 Å². The second-order valence-electron chi connectivity index (χ2n) is 6.50. The van der Waals surface area contributed by atoms with Gasteiger partial charge in [0, 0.05) is 35.9 Å². The van der Waals surface area contributed by atoms with Crippen molar-refractivity contribution in [3.8, 4) is 0 Å². The van der Waals surface area contributed by atoms with Gasteiger partial charge in [0.25, 0.3) is 0 Å². The van der Waals surface area contributed by atoms with Crippen molar-refractivity contribution in [2.45, 2.75) is 13.0 Å². The van der Waals surface area contributed by atoms with Gasteiger partial charge in [0.1, 0.15) is 0 Å². The molecule has 0 saturated carbocycles. The number of carbonyl (C=O) groups excluding carboxylic acids is 1. The minimum atomic E-state index is 0.0841. The van der Waals surface area contributed by atoms with Crippen LogP contribution in [0, 0.1) is 0 Å². The van der Waals surface area contributed by atoms with Gasteiger partial charge in [-0.15, -0.1) is 0 Å². The molecular formula is C23H20N2O. The molecule has 0 bridgehead atoms. The summed E-state index contributed by atoms with van der Waals surface area (Å²) in [6.45, 7) is 0.785. The summed E-state index contributed by atoms with van der Waals surface area (Å²) in [4.78, 5) is 12.5. The summed E-state index contributed by atoms with van der Waals surface area (Å²) >= 11 is 0. The zero-order chi connectivity index (χ0) is 17.9. The van der Waals surface area contributed by atoms with Crippen LogP contribution < -0.4 is 5.73 Å². The zero-order valence-electron chi connectivity index (χ0n) is 14.4. The number of hydrogen-bond donors (Lipinski definition) is 1. The van der Waals surface area contributed by atoms with E-state index in [-0.39, 0.29) is 5.78 Å². The van der Waals surface area contributed by atoms with Gasteiger partial charge in [-0.2, -0.15) is 0 Å². The molecule has 3 nitrogen and oxygen atoms in total. The van der Waals surface area contributed by atoms with Crippen LogP contribution in [0.5, 0.6) is 0 Å². The van der Waals surface area contributed by atoms with Crippen molar-refractivity contribution < 1.29 is 4.79 Å². The maximum Gasteiger partial charge on any atom is 0.167 e. The molecule has 4 rings (SSSR count). The van der Waals surface area contributed by atoms with Gasteiger partial charge >= 0.3 is 0 Å². The third kappa shape index (κ3) is 3.24. The first-order valence-corrected chi connectivity index (χ1v) is 8.70. The Morgan fingerprint density at radius 3 is 2.38 bits per heavy atom. The number of rotatable bonds is 5. The Balaban J connectivity index is 1.50. The third-order valence-electron chi connectivity index (χ3n) is 4.72. The number of benzene rings is 3. The highest BCUT2D eigenvalue weighted by molar-refractivity contribution is 5.98. The number of hydrogen-bond acceptors (Lipinski definition) is 2. The van der Waals surface area contributed by atoms with E-state index in [2.05, 4.69) is 35.0 Å². The fourth-order valence-electron chi connectivity index (χ4n) is 3.24. The minimum Gasteiger partial charge on any atom is -0.398 e. The molecule has 4 aromatic rings. The molecule has 128 valence electrons. The number of nitrogens with two attached hydrogens (primary N) is 1. The second kappa shape index (κ2) is 6.89. The lowest BCUT2D eigenvalue weighted by Crippen LogP contribution is -2.06. The molecule has 0 amide bonds. The molecule has 3 heteroatoms. The van der Waals surface area contributed by atoms with Crippen LogP contribution in [0.1, 0.15) is 21.5 Å². The fraction of sp³-hybridized carbons (Fsp3) is 0.0870. The monoisotopic (exact) mass is 340 g/mol. The Kier molecular flexibility index (Phi) is 4.28. The lowest BCUT2D eigenvalue weighted by atomic mass is 10.0. The Labute approximate surface area is 152 Å². The summed E-state index contributed by atoms with van der Waals surface area (Å²) in [5.74, 6) is 0.0841. The van der Waals surface area contributed by atoms with Crippen LogP contribution in [-0.4, -0.2) is 10.4 Å². The summed E-state index contributed by atoms with van der Waals surface area (Å²) in [6.07, 6.45) is 2.43. The summed E-state index contributed by atoms with van der Waals surface area (Å²) in [7, 11) is 0. The van der Waals surface area contributed by atoms with E-state index in [1.54, 1.807) is 0 Å². The van der Waals surface area contributed by atoms with Crippen molar-refractivity contribution in [3.05, 3.63) is 102 Å². The number of anilines is 1. The van der Waals surface area contributed by atoms with E-state index >= 15 is 0 Å². The van der Waals surface area contributed by atoms with Crippen LogP contribution in [0.4, 0.5) is 5.69 Å². The Hall–Kier alpha value is -3.33. The average molecular weight is 340 g/mol. The van der Waals surface area contributed by atoms with Gasteiger partial charge in [-0.25, -0.2) is 0 Å². The van der Waals surface area contributed by atoms with Gasteiger partial charge in [0.05, 0.1) is 0 Å². The van der Waals surface area contributed by atoms with Crippen LogP contribution in [-0.2, 0) is 13.0 Å². The van der Waals surface area contributed by atoms with Crippen LogP contribution in [0.3, 0.4) is 0 Å². The molecular weight excluding hydrogens is 320 g/mol. The molecule has 3 aromatic carbocycles. The molecule has 1 heterocycles. The maximum absolute atomic E-state index is 12.5. The van der Waals surface area contributed by atoms with Crippen molar-refractivity contribution in [1.82, 2.24) is 4.57 Å². The molecule has 0 fully saturated rings. The first-order chi connectivity index (χ1) is 12.7. The smallest absolute Gasteiger partial charge is 0.167 e. The summed E-state index contributed by atoms with van der Waals surface area (Å²) < 4.78 is 2.22. The van der Waals surface area contributed by atoms with E-state index in [0.717, 1.165) is 17.7 Å². The first-order valence-electron chi connectivity index (χ1n) is 8.70. The summed E-state index contributed by atoms with van der Waals surface area (Å²) in [5, 5.41) is 1.24. The number of nitrogen functional groups attached to an aromatic ring is 1. The molecule has 0 aliphatic carbocycles. The number of aromatic nitrogens is 1. The van der Waals surface area contributed by atoms with E-state index in [4.69, 9.17) is 5.73 Å². The SMILES string of the molecule is Nc1ccccc1CC(=O)c1ccc(Cn2ccc3ccccc32)cc1. The minimum absolute atomic E-state index is 0.0841. The van der Waals surface area contributed by atoms with Gasteiger partial charge in [-0.05, 0) is 34.7 Å². The highest BCUT2D eigenvalue weighted by Gasteiger charge is 2.09. The van der Waals surface area contributed by atoms with E-state index in [0.29, 0.717) is 12.1 Å². The van der Waals surface area contributed by atoms with Gasteiger partial charge < -0.3 is 10.3 Å². The molecule has 0 saturated heterocycles. The van der Waals surface area contributed by atoms with Gasteiger partial charge in [0.15, 0.2) is 5.78 Å². The van der Waals surface area contributed by atoms with E-state index in [1.165, 1.54) is 16.5 Å². The predicted molar refractivity (Wildman–Crippen MR) is 106 cm³/mol. The van der Waals surface area contributed by atoms with Crippen LogP contribution in [0.15, 0.2) is 85.1 Å². The Morgan fingerprint density at radius 2 is 1.58 bits per heavy atom. The highest BCUT2D eigenvalue weighted by atomic mass is 16.1. The standard InChI is InChI=1S/C23H20N2O/c24-21-7-3-1-6-20(21)15-23(26)19-11-9-17(10-12-19)16-25-14-13-18-5-2-4-8-22(18)25/h1-14H,15-16,24H2. The average Bonchev–Trinajstić information content (AvgIpc) is 3.07. The lowest BCUT2D eigenvalue weighted by Gasteiger charge is -2.08. The van der Waals surface area contributed by atoms with Gasteiger partial charge in [-0.1, -0.05) is 60.7 Å². The lowest BCUT2D eigenvalue weighted by molar-refractivity contribution is 0.0993. The number of ketones is 1.